The summed E-state index contributed by atoms with van der Waals surface area (Å²) in [7, 11) is 0.530. The molecule has 0 N–H and O–H groups in total. The Morgan fingerprint density at radius 3 is 2.20 bits per heavy atom. The minimum absolute atomic E-state index is 1.96. The number of halogens is 1. The van der Waals surface area contributed by atoms with Crippen LogP contribution in [-0.2, 0) is 9.05 Å². The minimum atomic E-state index is -3.94. The molecule has 2 nitrogen and oxygen atoms in total. The summed E-state index contributed by atoms with van der Waals surface area (Å²) in [6.45, 7) is 0. The largest absolute Gasteiger partial charge is 0.229 e. The van der Waals surface area contributed by atoms with Crippen molar-refractivity contribution in [3.05, 3.63) is 0 Å². The van der Waals surface area contributed by atoms with Gasteiger partial charge < -0.3 is 0 Å². The standard InChI is InChI=1S/CH3ClO2S/c1-5(2,3)4/h1H3/i1D2. The molecule has 0 fully saturated rings. The number of rotatable bonds is 0. The number of hydrogen-bond acceptors (Lipinski definition) is 2. The van der Waals surface area contributed by atoms with Crippen LogP contribution in [-0.4, -0.2) is 14.6 Å². The summed E-state index contributed by atoms with van der Waals surface area (Å²) >= 11 is 0. The second-order valence-corrected chi connectivity index (χ2v) is 2.72. The average molecular weight is 117 g/mol. The fraction of sp³-hybridized carbons (Fsp3) is 1.00. The van der Waals surface area contributed by atoms with E-state index in [1.165, 1.54) is 0 Å². The van der Waals surface area contributed by atoms with E-state index in [0.29, 0.717) is 0 Å². The van der Waals surface area contributed by atoms with E-state index >= 15 is 0 Å². The summed E-state index contributed by atoms with van der Waals surface area (Å²) in [6.07, 6.45) is -1.96. The molecule has 0 aromatic rings. The number of hydrogen-bond donors (Lipinski definition) is 0. The lowest BCUT2D eigenvalue weighted by Crippen LogP contribution is -1.76. The lowest BCUT2D eigenvalue weighted by molar-refractivity contribution is 0.615. The van der Waals surface area contributed by atoms with Gasteiger partial charge in [-0.1, -0.05) is 0 Å². The predicted molar refractivity (Wildman–Crippen MR) is 20.7 cm³/mol. The Bertz CT molecular complexity index is 138. The van der Waals surface area contributed by atoms with Gasteiger partial charge in [-0.25, -0.2) is 8.42 Å². The van der Waals surface area contributed by atoms with E-state index in [0.717, 1.165) is 0 Å². The third kappa shape index (κ3) is 369. The molecule has 0 aliphatic heterocycles. The Labute approximate surface area is 38.0 Å². The summed E-state index contributed by atoms with van der Waals surface area (Å²) in [5.41, 5.74) is 0. The smallest absolute Gasteiger partial charge is 0.213 e. The van der Waals surface area contributed by atoms with Gasteiger partial charge >= 0.3 is 0 Å². The van der Waals surface area contributed by atoms with Crippen molar-refractivity contribution in [3.63, 3.8) is 0 Å². The SMILES string of the molecule is [2H]C([2H])S(=O)(=O)Cl. The second-order valence-electron chi connectivity index (χ2n) is 0.476. The Morgan fingerprint density at radius 1 is 2.00 bits per heavy atom. The molecule has 0 rings (SSSR count). The van der Waals surface area contributed by atoms with Crippen molar-refractivity contribution in [2.45, 2.75) is 0 Å². The molecule has 0 heterocycles. The molecule has 0 aliphatic rings. The molecule has 0 amide bonds. The first-order valence-corrected chi connectivity index (χ1v) is 3.10. The van der Waals surface area contributed by atoms with Gasteiger partial charge in [-0.15, -0.1) is 0 Å². The third-order valence-electron chi connectivity index (χ3n) is 0. The molecule has 0 aromatic carbocycles. The highest BCUT2D eigenvalue weighted by molar-refractivity contribution is 8.13. The van der Waals surface area contributed by atoms with Crippen LogP contribution in [0.1, 0.15) is 2.74 Å². The van der Waals surface area contributed by atoms with Crippen molar-refractivity contribution in [2.24, 2.45) is 0 Å². The van der Waals surface area contributed by atoms with Crippen LogP contribution in [0.2, 0.25) is 0 Å². The molecule has 0 unspecified atom stereocenters. The molecule has 4 heteroatoms. The molecule has 0 bridgehead atoms. The molecule has 5 heavy (non-hydrogen) atoms. The van der Waals surface area contributed by atoms with Crippen LogP contribution >= 0.6 is 10.7 Å². The highest BCUT2D eigenvalue weighted by atomic mass is 35.7. The van der Waals surface area contributed by atoms with Gasteiger partial charge in [0.1, 0.15) is 0 Å². The van der Waals surface area contributed by atoms with Crippen molar-refractivity contribution in [1.82, 2.24) is 0 Å². The molecule has 32 valence electrons. The van der Waals surface area contributed by atoms with Gasteiger partial charge in [0.2, 0.25) is 9.05 Å². The zero-order valence-corrected chi connectivity index (χ0v) is 3.75. The van der Waals surface area contributed by atoms with Crippen molar-refractivity contribution < 1.29 is 11.2 Å². The van der Waals surface area contributed by atoms with E-state index < -0.39 is 15.3 Å². The fourth-order valence-electron chi connectivity index (χ4n) is 0. The van der Waals surface area contributed by atoms with Crippen molar-refractivity contribution >= 4 is 19.7 Å². The van der Waals surface area contributed by atoms with Gasteiger partial charge in [0.15, 0.2) is 0 Å². The summed E-state index contributed by atoms with van der Waals surface area (Å²) in [6, 6.07) is 0. The van der Waals surface area contributed by atoms with E-state index in [-0.39, 0.29) is 0 Å². The maximum absolute atomic E-state index is 9.72. The van der Waals surface area contributed by atoms with Gasteiger partial charge in [0, 0.05) is 13.4 Å². The zero-order valence-electron chi connectivity index (χ0n) is 4.18. The van der Waals surface area contributed by atoms with Crippen LogP contribution in [0, 0.1) is 0 Å². The van der Waals surface area contributed by atoms with E-state index in [2.05, 4.69) is 10.7 Å². The van der Waals surface area contributed by atoms with Crippen LogP contribution in [0.4, 0.5) is 0 Å². The summed E-state index contributed by atoms with van der Waals surface area (Å²) < 4.78 is 31.8. The van der Waals surface area contributed by atoms with E-state index in [4.69, 9.17) is 2.74 Å². The highest BCUT2D eigenvalue weighted by Crippen LogP contribution is 1.83. The van der Waals surface area contributed by atoms with Crippen LogP contribution < -0.4 is 0 Å². The van der Waals surface area contributed by atoms with Gasteiger partial charge in [0.05, 0.1) is 6.21 Å². The lowest BCUT2D eigenvalue weighted by atomic mass is 12.0. The molecule has 0 aromatic heterocycles. The quantitative estimate of drug-likeness (QED) is 0.424. The minimum Gasteiger partial charge on any atom is -0.213 e. The van der Waals surface area contributed by atoms with Crippen molar-refractivity contribution in [2.75, 3.05) is 6.21 Å². The summed E-state index contributed by atoms with van der Waals surface area (Å²) in [5.74, 6) is 0. The molecule has 0 spiro atoms. The third-order valence-corrected chi connectivity index (χ3v) is 0. The first kappa shape index (κ1) is 2.42. The highest BCUT2D eigenvalue weighted by Gasteiger charge is 1.83. The van der Waals surface area contributed by atoms with Crippen molar-refractivity contribution in [1.29, 1.82) is 0 Å². The average Bonchev–Trinajstić information content (AvgIpc) is 1.31. The van der Waals surface area contributed by atoms with E-state index in [9.17, 15) is 8.42 Å². The molecular weight excluding hydrogens is 112 g/mol. The zero-order chi connectivity index (χ0) is 6.08. The van der Waals surface area contributed by atoms with Gasteiger partial charge in [0.25, 0.3) is 0 Å². The maximum atomic E-state index is 9.72. The molecule has 0 radical (unpaired) electrons. The first-order chi connectivity index (χ1) is 2.94. The molecule has 0 saturated heterocycles. The summed E-state index contributed by atoms with van der Waals surface area (Å²) in [4.78, 5) is 0. The van der Waals surface area contributed by atoms with E-state index in [1.807, 2.05) is 0 Å². The van der Waals surface area contributed by atoms with Gasteiger partial charge in [-0.3, -0.25) is 0 Å². The van der Waals surface area contributed by atoms with E-state index in [1.54, 1.807) is 0 Å². The molecule has 0 saturated carbocycles. The van der Waals surface area contributed by atoms with Gasteiger partial charge in [-0.2, -0.15) is 0 Å². The topological polar surface area (TPSA) is 34.1 Å². The van der Waals surface area contributed by atoms with Crippen LogP contribution in [0.5, 0.6) is 0 Å². The van der Waals surface area contributed by atoms with Crippen LogP contribution in [0.25, 0.3) is 0 Å². The van der Waals surface area contributed by atoms with Gasteiger partial charge in [-0.05, 0) is 0 Å². The predicted octanol–water partition coefficient (Wildman–Crippen LogP) is 0.185. The Kier molecular flexibility index (Phi) is 0.553. The Balaban J connectivity index is 4.10. The maximum Gasteiger partial charge on any atom is 0.229 e. The van der Waals surface area contributed by atoms with Crippen molar-refractivity contribution in [3.8, 4) is 0 Å². The van der Waals surface area contributed by atoms with Crippen LogP contribution in [0.15, 0.2) is 0 Å². The summed E-state index contributed by atoms with van der Waals surface area (Å²) in [5, 5.41) is 0. The monoisotopic (exact) mass is 116 g/mol. The Hall–Kier alpha value is 0.240. The first-order valence-electron chi connectivity index (χ1n) is 1.88. The fourth-order valence-corrected chi connectivity index (χ4v) is 0. The van der Waals surface area contributed by atoms with Crippen LogP contribution in [0.3, 0.4) is 0 Å². The molecular formula is CH3ClO2S. The lowest BCUT2D eigenvalue weighted by Gasteiger charge is -1.65. The normalized spacial score (nSPS) is 18.0. The Morgan fingerprint density at radius 2 is 2.20 bits per heavy atom. The molecule has 0 atom stereocenters. The second kappa shape index (κ2) is 1.14. The molecule has 0 aliphatic carbocycles.